The fraction of sp³-hybridized carbons (Fsp3) is 0.375. The maximum Gasteiger partial charge on any atom is 0.180 e. The lowest BCUT2D eigenvalue weighted by Crippen LogP contribution is -2.11. The van der Waals surface area contributed by atoms with Crippen LogP contribution in [0, 0.1) is 6.61 Å². The van der Waals surface area contributed by atoms with Crippen LogP contribution in [0.3, 0.4) is 0 Å². The zero-order valence-electron chi connectivity index (χ0n) is 7.48. The fourth-order valence-corrected chi connectivity index (χ4v) is 1.55. The summed E-state index contributed by atoms with van der Waals surface area (Å²) in [6.45, 7) is 2.95. The highest BCUT2D eigenvalue weighted by atomic mass is 32.1. The van der Waals surface area contributed by atoms with Crippen molar-refractivity contribution in [2.75, 3.05) is 12.8 Å². The van der Waals surface area contributed by atoms with Crippen LogP contribution >= 0.6 is 11.3 Å². The van der Waals surface area contributed by atoms with E-state index in [0.29, 0.717) is 10.8 Å². The Morgan fingerprint density at radius 3 is 2.92 bits per heavy atom. The van der Waals surface area contributed by atoms with Gasteiger partial charge in [0.1, 0.15) is 5.78 Å². The zero-order valence-corrected chi connectivity index (χ0v) is 8.30. The number of hydrogen-bond donors (Lipinski definition) is 1. The van der Waals surface area contributed by atoms with Crippen LogP contribution < -0.4 is 5.73 Å². The lowest BCUT2D eigenvalue weighted by Gasteiger charge is -2.07. The minimum atomic E-state index is -0.404. The van der Waals surface area contributed by atoms with Crippen LogP contribution in [0.5, 0.6) is 0 Å². The Morgan fingerprint density at radius 2 is 2.54 bits per heavy atom. The van der Waals surface area contributed by atoms with Gasteiger partial charge in [-0.1, -0.05) is 0 Å². The Balaban J connectivity index is 2.81. The molecule has 1 radical (unpaired) electrons. The van der Waals surface area contributed by atoms with Gasteiger partial charge in [0.05, 0.1) is 18.2 Å². The van der Waals surface area contributed by atoms with E-state index in [9.17, 15) is 4.79 Å². The Labute approximate surface area is 80.7 Å². The third-order valence-electron chi connectivity index (χ3n) is 1.57. The second kappa shape index (κ2) is 4.34. The molecular weight excluding hydrogens is 188 g/mol. The van der Waals surface area contributed by atoms with Crippen LogP contribution in [-0.4, -0.2) is 17.9 Å². The van der Waals surface area contributed by atoms with Gasteiger partial charge in [0, 0.05) is 12.5 Å². The minimum absolute atomic E-state index is 0.00727. The molecule has 0 amide bonds. The van der Waals surface area contributed by atoms with Crippen molar-refractivity contribution in [2.24, 2.45) is 0 Å². The van der Waals surface area contributed by atoms with Crippen molar-refractivity contribution >= 4 is 22.3 Å². The summed E-state index contributed by atoms with van der Waals surface area (Å²) in [6, 6.07) is 0. The number of ether oxygens (including phenoxy) is 1. The van der Waals surface area contributed by atoms with Crippen molar-refractivity contribution in [2.45, 2.75) is 12.8 Å². The number of nitrogen functional groups attached to an aromatic ring is 1. The number of methoxy groups -OCH3 is 1. The van der Waals surface area contributed by atoms with Gasteiger partial charge in [0.15, 0.2) is 5.13 Å². The summed E-state index contributed by atoms with van der Waals surface area (Å²) >= 11 is 1.31. The summed E-state index contributed by atoms with van der Waals surface area (Å²) in [5.41, 5.74) is 6.10. The summed E-state index contributed by atoms with van der Waals surface area (Å²) < 4.78 is 4.81. The molecule has 0 bridgehead atoms. The molecule has 1 unspecified atom stereocenters. The van der Waals surface area contributed by atoms with Crippen molar-refractivity contribution in [3.8, 4) is 0 Å². The molecule has 5 heteroatoms. The lowest BCUT2D eigenvalue weighted by atomic mass is 10.0. The second-order valence-corrected chi connectivity index (χ2v) is 3.46. The average molecular weight is 199 g/mol. The van der Waals surface area contributed by atoms with Crippen molar-refractivity contribution in [3.05, 3.63) is 17.7 Å². The van der Waals surface area contributed by atoms with E-state index in [1.807, 2.05) is 0 Å². The van der Waals surface area contributed by atoms with Crippen LogP contribution in [0.2, 0.25) is 0 Å². The monoisotopic (exact) mass is 199 g/mol. The van der Waals surface area contributed by atoms with E-state index in [-0.39, 0.29) is 5.78 Å². The SMILES string of the molecule is CO[CH]C(C(C)=O)c1csc(N)n1. The summed E-state index contributed by atoms with van der Waals surface area (Å²) in [6.07, 6.45) is 0. The average Bonchev–Trinajstić information content (AvgIpc) is 2.46. The third-order valence-corrected chi connectivity index (χ3v) is 2.26. The molecule has 2 N–H and O–H groups in total. The van der Waals surface area contributed by atoms with Gasteiger partial charge in [0.25, 0.3) is 0 Å². The molecule has 71 valence electrons. The third kappa shape index (κ3) is 2.50. The highest BCUT2D eigenvalue weighted by molar-refractivity contribution is 7.13. The van der Waals surface area contributed by atoms with Gasteiger partial charge in [0.2, 0.25) is 0 Å². The second-order valence-electron chi connectivity index (χ2n) is 2.57. The van der Waals surface area contributed by atoms with Gasteiger partial charge < -0.3 is 10.5 Å². The predicted octanol–water partition coefficient (Wildman–Crippen LogP) is 1.21. The molecule has 1 atom stereocenters. The molecule has 0 aromatic carbocycles. The van der Waals surface area contributed by atoms with Gasteiger partial charge in [-0.15, -0.1) is 11.3 Å². The normalized spacial score (nSPS) is 12.8. The predicted molar refractivity (Wildman–Crippen MR) is 51.3 cm³/mol. The molecule has 0 saturated heterocycles. The first-order chi connectivity index (χ1) is 6.15. The molecule has 0 aliphatic carbocycles. The van der Waals surface area contributed by atoms with E-state index in [0.717, 1.165) is 0 Å². The number of ketones is 1. The van der Waals surface area contributed by atoms with Crippen LogP contribution in [0.4, 0.5) is 5.13 Å². The van der Waals surface area contributed by atoms with Gasteiger partial charge >= 0.3 is 0 Å². The number of anilines is 1. The Hall–Kier alpha value is -0.940. The van der Waals surface area contributed by atoms with Crippen molar-refractivity contribution in [3.63, 3.8) is 0 Å². The van der Waals surface area contributed by atoms with E-state index in [2.05, 4.69) is 4.98 Å². The summed E-state index contributed by atoms with van der Waals surface area (Å²) in [5, 5.41) is 2.22. The molecule has 13 heavy (non-hydrogen) atoms. The lowest BCUT2D eigenvalue weighted by molar-refractivity contribution is -0.118. The minimum Gasteiger partial charge on any atom is -0.378 e. The highest BCUT2D eigenvalue weighted by Gasteiger charge is 2.19. The van der Waals surface area contributed by atoms with Gasteiger partial charge in [-0.2, -0.15) is 0 Å². The van der Waals surface area contributed by atoms with Crippen LogP contribution in [0.1, 0.15) is 18.5 Å². The molecular formula is C8H11N2O2S. The molecule has 1 rings (SSSR count). The maximum atomic E-state index is 11.2. The summed E-state index contributed by atoms with van der Waals surface area (Å²) in [7, 11) is 1.51. The molecule has 0 spiro atoms. The molecule has 1 aromatic rings. The molecule has 0 fully saturated rings. The van der Waals surface area contributed by atoms with Crippen LogP contribution in [0.15, 0.2) is 5.38 Å². The van der Waals surface area contributed by atoms with Crippen molar-refractivity contribution < 1.29 is 9.53 Å². The first kappa shape index (κ1) is 10.1. The smallest absolute Gasteiger partial charge is 0.180 e. The van der Waals surface area contributed by atoms with E-state index >= 15 is 0 Å². The van der Waals surface area contributed by atoms with Gasteiger partial charge in [-0.3, -0.25) is 4.79 Å². The van der Waals surface area contributed by atoms with Gasteiger partial charge in [-0.05, 0) is 6.92 Å². The number of Topliss-reactive ketones (excluding diaryl/α,β-unsaturated/α-hetero) is 1. The molecule has 0 aliphatic rings. The molecule has 0 aliphatic heterocycles. The number of thiazole rings is 1. The Morgan fingerprint density at radius 1 is 1.85 bits per heavy atom. The highest BCUT2D eigenvalue weighted by Crippen LogP contribution is 2.23. The van der Waals surface area contributed by atoms with E-state index in [4.69, 9.17) is 10.5 Å². The first-order valence-corrected chi connectivity index (χ1v) is 4.60. The molecule has 1 heterocycles. The van der Waals surface area contributed by atoms with Gasteiger partial charge in [-0.25, -0.2) is 4.98 Å². The number of aromatic nitrogens is 1. The van der Waals surface area contributed by atoms with E-state index in [1.54, 1.807) is 5.38 Å². The van der Waals surface area contributed by atoms with E-state index in [1.165, 1.54) is 32.0 Å². The molecule has 1 aromatic heterocycles. The number of rotatable bonds is 4. The largest absolute Gasteiger partial charge is 0.378 e. The molecule has 0 saturated carbocycles. The standard InChI is InChI=1S/C8H11N2O2S/c1-5(11)6(3-12-2)7-4-13-8(9)10-7/h3-4,6H,1-2H3,(H2,9,10). The maximum absolute atomic E-state index is 11.2. The number of nitrogens with zero attached hydrogens (tertiary/aromatic N) is 1. The number of nitrogens with two attached hydrogens (primary N) is 1. The van der Waals surface area contributed by atoms with Crippen molar-refractivity contribution in [1.29, 1.82) is 0 Å². The molecule has 4 nitrogen and oxygen atoms in total. The summed E-state index contributed by atoms with van der Waals surface area (Å²) in [5.74, 6) is -0.411. The number of hydrogen-bond acceptors (Lipinski definition) is 5. The number of carbonyl (C=O) groups excluding carboxylic acids is 1. The van der Waals surface area contributed by atoms with Crippen molar-refractivity contribution in [1.82, 2.24) is 4.98 Å². The Bertz CT molecular complexity index is 298. The first-order valence-electron chi connectivity index (χ1n) is 3.72. The van der Waals surface area contributed by atoms with Crippen LogP contribution in [0.25, 0.3) is 0 Å². The summed E-state index contributed by atoms with van der Waals surface area (Å²) in [4.78, 5) is 15.2. The quantitative estimate of drug-likeness (QED) is 0.791. The van der Waals surface area contributed by atoms with E-state index < -0.39 is 5.92 Å². The van der Waals surface area contributed by atoms with Crippen LogP contribution in [-0.2, 0) is 9.53 Å². The topological polar surface area (TPSA) is 65.2 Å². The zero-order chi connectivity index (χ0) is 9.84. The Kier molecular flexibility index (Phi) is 3.39. The number of carbonyl (C=O) groups is 1. The fourth-order valence-electron chi connectivity index (χ4n) is 0.953.